The number of aromatic nitrogens is 1. The molecule has 0 spiro atoms. The Morgan fingerprint density at radius 1 is 0.857 bits per heavy atom. The molecule has 3 aromatic rings. The van der Waals surface area contributed by atoms with Crippen molar-refractivity contribution in [3.8, 4) is 0 Å². The van der Waals surface area contributed by atoms with Crippen LogP contribution < -0.4 is 10.2 Å². The number of benzene rings is 2. The molecule has 2 aromatic carbocycles. The van der Waals surface area contributed by atoms with Gasteiger partial charge in [-0.05, 0) is 56.2 Å². The van der Waals surface area contributed by atoms with Gasteiger partial charge in [0.25, 0.3) is 11.8 Å². The first kappa shape index (κ1) is 19.3. The fourth-order valence-corrected chi connectivity index (χ4v) is 3.06. The number of anilines is 2. The summed E-state index contributed by atoms with van der Waals surface area (Å²) in [4.78, 5) is 31.6. The molecule has 1 N–H and O–H groups in total. The van der Waals surface area contributed by atoms with Gasteiger partial charge in [-0.2, -0.15) is 0 Å². The minimum atomic E-state index is -0.338. The van der Waals surface area contributed by atoms with Crippen molar-refractivity contribution in [2.24, 2.45) is 0 Å². The molecule has 0 saturated carbocycles. The first-order valence-corrected chi connectivity index (χ1v) is 9.22. The lowest BCUT2D eigenvalue weighted by atomic mass is 10.1. The smallest absolute Gasteiger partial charge is 0.276 e. The summed E-state index contributed by atoms with van der Waals surface area (Å²) in [6.07, 6.45) is 0. The SMILES string of the molecule is CCN(C(=O)c1cccc(C(=O)Nc2c(C)cccc2C)n1)c1ccccc1. The van der Waals surface area contributed by atoms with Crippen LogP contribution in [0.4, 0.5) is 11.4 Å². The van der Waals surface area contributed by atoms with E-state index in [1.807, 2.05) is 69.3 Å². The minimum Gasteiger partial charge on any atom is -0.320 e. The van der Waals surface area contributed by atoms with Crippen molar-refractivity contribution in [1.29, 1.82) is 0 Å². The van der Waals surface area contributed by atoms with E-state index in [2.05, 4.69) is 10.3 Å². The van der Waals surface area contributed by atoms with Gasteiger partial charge < -0.3 is 10.2 Å². The van der Waals surface area contributed by atoms with E-state index in [9.17, 15) is 9.59 Å². The lowest BCUT2D eigenvalue weighted by Gasteiger charge is -2.20. The van der Waals surface area contributed by atoms with Crippen molar-refractivity contribution in [1.82, 2.24) is 4.98 Å². The van der Waals surface area contributed by atoms with E-state index in [0.29, 0.717) is 6.54 Å². The van der Waals surface area contributed by atoms with Gasteiger partial charge in [0.1, 0.15) is 11.4 Å². The maximum Gasteiger partial charge on any atom is 0.276 e. The number of para-hydroxylation sites is 2. The summed E-state index contributed by atoms with van der Waals surface area (Å²) in [5.41, 5.74) is 3.95. The monoisotopic (exact) mass is 373 g/mol. The minimum absolute atomic E-state index is 0.206. The normalized spacial score (nSPS) is 10.4. The van der Waals surface area contributed by atoms with E-state index in [1.165, 1.54) is 0 Å². The molecule has 142 valence electrons. The molecule has 0 bridgehead atoms. The number of nitrogens with zero attached hydrogens (tertiary/aromatic N) is 2. The van der Waals surface area contributed by atoms with Gasteiger partial charge >= 0.3 is 0 Å². The molecule has 0 aliphatic heterocycles. The number of hydrogen-bond acceptors (Lipinski definition) is 3. The Kier molecular flexibility index (Phi) is 5.84. The molecule has 0 aliphatic rings. The van der Waals surface area contributed by atoms with Crippen LogP contribution in [-0.2, 0) is 0 Å². The Morgan fingerprint density at radius 3 is 2.11 bits per heavy atom. The average molecular weight is 373 g/mol. The number of aryl methyl sites for hydroxylation is 2. The highest BCUT2D eigenvalue weighted by atomic mass is 16.2. The summed E-state index contributed by atoms with van der Waals surface area (Å²) in [5.74, 6) is -0.578. The van der Waals surface area contributed by atoms with Crippen LogP contribution >= 0.6 is 0 Å². The quantitative estimate of drug-likeness (QED) is 0.710. The first-order valence-electron chi connectivity index (χ1n) is 9.22. The fraction of sp³-hybridized carbons (Fsp3) is 0.174. The molecule has 2 amide bonds. The van der Waals surface area contributed by atoms with Crippen molar-refractivity contribution in [2.45, 2.75) is 20.8 Å². The molecule has 0 radical (unpaired) electrons. The summed E-state index contributed by atoms with van der Waals surface area (Å²) >= 11 is 0. The van der Waals surface area contributed by atoms with E-state index in [0.717, 1.165) is 22.5 Å². The van der Waals surface area contributed by atoms with Gasteiger partial charge in [-0.15, -0.1) is 0 Å². The zero-order valence-corrected chi connectivity index (χ0v) is 16.3. The highest BCUT2D eigenvalue weighted by Crippen LogP contribution is 2.20. The molecule has 1 aromatic heterocycles. The highest BCUT2D eigenvalue weighted by Gasteiger charge is 2.19. The van der Waals surface area contributed by atoms with Crippen LogP contribution in [0.1, 0.15) is 39.0 Å². The predicted molar refractivity (Wildman–Crippen MR) is 112 cm³/mol. The Morgan fingerprint density at radius 2 is 1.46 bits per heavy atom. The molecule has 1 heterocycles. The molecular formula is C23H23N3O2. The molecule has 0 fully saturated rings. The lowest BCUT2D eigenvalue weighted by Crippen LogP contribution is -2.31. The van der Waals surface area contributed by atoms with Crippen LogP contribution in [0.5, 0.6) is 0 Å². The van der Waals surface area contributed by atoms with Gasteiger partial charge in [0.15, 0.2) is 0 Å². The largest absolute Gasteiger partial charge is 0.320 e. The molecule has 0 atom stereocenters. The lowest BCUT2D eigenvalue weighted by molar-refractivity contribution is 0.0983. The first-order chi connectivity index (χ1) is 13.5. The van der Waals surface area contributed by atoms with Gasteiger partial charge in [-0.25, -0.2) is 4.98 Å². The van der Waals surface area contributed by atoms with Gasteiger partial charge in [-0.1, -0.05) is 42.5 Å². The van der Waals surface area contributed by atoms with E-state index in [1.54, 1.807) is 23.1 Å². The zero-order chi connectivity index (χ0) is 20.1. The highest BCUT2D eigenvalue weighted by molar-refractivity contribution is 6.07. The van der Waals surface area contributed by atoms with Gasteiger partial charge in [0.05, 0.1) is 0 Å². The Balaban J connectivity index is 1.85. The summed E-state index contributed by atoms with van der Waals surface area (Å²) in [7, 11) is 0. The van der Waals surface area contributed by atoms with Crippen molar-refractivity contribution in [3.63, 3.8) is 0 Å². The number of pyridine rings is 1. The predicted octanol–water partition coefficient (Wildman–Crippen LogP) is 4.62. The van der Waals surface area contributed by atoms with Crippen LogP contribution in [0.3, 0.4) is 0 Å². The molecule has 28 heavy (non-hydrogen) atoms. The van der Waals surface area contributed by atoms with Gasteiger partial charge in [0, 0.05) is 17.9 Å². The van der Waals surface area contributed by atoms with Crippen molar-refractivity contribution in [2.75, 3.05) is 16.8 Å². The second kappa shape index (κ2) is 8.48. The molecule has 5 heteroatoms. The second-order valence-corrected chi connectivity index (χ2v) is 6.51. The molecule has 5 nitrogen and oxygen atoms in total. The van der Waals surface area contributed by atoms with Crippen LogP contribution in [0, 0.1) is 13.8 Å². The van der Waals surface area contributed by atoms with Crippen LogP contribution in [0.25, 0.3) is 0 Å². The number of amides is 2. The second-order valence-electron chi connectivity index (χ2n) is 6.51. The number of carbonyl (C=O) groups is 2. The van der Waals surface area contributed by atoms with Gasteiger partial charge in [0.2, 0.25) is 0 Å². The van der Waals surface area contributed by atoms with Crippen LogP contribution in [0.2, 0.25) is 0 Å². The molecule has 0 unspecified atom stereocenters. The van der Waals surface area contributed by atoms with Crippen LogP contribution in [0.15, 0.2) is 66.7 Å². The Bertz CT molecular complexity index is 979. The maximum atomic E-state index is 12.9. The Hall–Kier alpha value is -3.47. The summed E-state index contributed by atoms with van der Waals surface area (Å²) in [6, 6.07) is 20.2. The number of rotatable bonds is 5. The molecule has 3 rings (SSSR count). The summed E-state index contributed by atoms with van der Waals surface area (Å²) < 4.78 is 0. The molecular weight excluding hydrogens is 350 g/mol. The standard InChI is InChI=1S/C23H23N3O2/c1-4-26(18-12-6-5-7-13-18)23(28)20-15-9-14-19(24-20)22(27)25-21-16(2)10-8-11-17(21)3/h5-15H,4H2,1-3H3,(H,25,27). The third-order valence-electron chi connectivity index (χ3n) is 4.55. The van der Waals surface area contributed by atoms with E-state index >= 15 is 0 Å². The van der Waals surface area contributed by atoms with Crippen molar-refractivity contribution in [3.05, 3.63) is 89.2 Å². The summed E-state index contributed by atoms with van der Waals surface area (Å²) in [5, 5.41) is 2.91. The number of nitrogens with one attached hydrogen (secondary N) is 1. The van der Waals surface area contributed by atoms with E-state index in [4.69, 9.17) is 0 Å². The van der Waals surface area contributed by atoms with Crippen molar-refractivity contribution >= 4 is 23.2 Å². The fourth-order valence-electron chi connectivity index (χ4n) is 3.06. The molecule has 0 saturated heterocycles. The number of carbonyl (C=O) groups excluding carboxylic acids is 2. The number of hydrogen-bond donors (Lipinski definition) is 1. The molecule has 0 aliphatic carbocycles. The van der Waals surface area contributed by atoms with Crippen LogP contribution in [-0.4, -0.2) is 23.3 Å². The van der Waals surface area contributed by atoms with Gasteiger partial charge in [-0.3, -0.25) is 9.59 Å². The van der Waals surface area contributed by atoms with Crippen molar-refractivity contribution < 1.29 is 9.59 Å². The maximum absolute atomic E-state index is 12.9. The Labute approximate surface area is 165 Å². The third kappa shape index (κ3) is 4.09. The average Bonchev–Trinajstić information content (AvgIpc) is 2.72. The van der Waals surface area contributed by atoms with E-state index in [-0.39, 0.29) is 23.2 Å². The summed E-state index contributed by atoms with van der Waals surface area (Å²) in [6.45, 7) is 6.29. The third-order valence-corrected chi connectivity index (χ3v) is 4.55. The van der Waals surface area contributed by atoms with E-state index < -0.39 is 0 Å². The zero-order valence-electron chi connectivity index (χ0n) is 16.3. The topological polar surface area (TPSA) is 62.3 Å².